The molecular weight excluding hydrogens is 379 g/mol. The second-order valence-corrected chi connectivity index (χ2v) is 7.48. The minimum atomic E-state index is -4.68. The smallest absolute Gasteiger partial charge is 0.417 e. The van der Waals surface area contributed by atoms with Gasteiger partial charge in [0.05, 0.1) is 17.7 Å². The quantitative estimate of drug-likeness (QED) is 0.742. The predicted octanol–water partition coefficient (Wildman–Crippen LogP) is 4.32. The molecule has 156 valence electrons. The number of halogens is 3. The number of ether oxygens (including phenoxy) is 3. The van der Waals surface area contributed by atoms with Crippen molar-refractivity contribution in [3.8, 4) is 5.75 Å². The molecule has 1 amide bonds. The summed E-state index contributed by atoms with van der Waals surface area (Å²) in [7, 11) is 0. The molecule has 1 aromatic carbocycles. The number of hydrogen-bond acceptors (Lipinski definition) is 5. The molecule has 1 fully saturated rings. The van der Waals surface area contributed by atoms with Gasteiger partial charge in [-0.1, -0.05) is 0 Å². The fourth-order valence-electron chi connectivity index (χ4n) is 2.67. The van der Waals surface area contributed by atoms with E-state index >= 15 is 0 Å². The highest BCUT2D eigenvalue weighted by molar-refractivity contribution is 5.91. The van der Waals surface area contributed by atoms with Crippen molar-refractivity contribution in [2.75, 3.05) is 6.61 Å². The summed E-state index contributed by atoms with van der Waals surface area (Å²) in [6.07, 6.45) is -4.54. The van der Waals surface area contributed by atoms with Crippen LogP contribution in [0.1, 0.15) is 56.5 Å². The molecule has 0 saturated heterocycles. The van der Waals surface area contributed by atoms with Gasteiger partial charge in [-0.05, 0) is 45.9 Å². The lowest BCUT2D eigenvalue weighted by Gasteiger charge is -2.36. The second kappa shape index (κ2) is 8.28. The van der Waals surface area contributed by atoms with Crippen molar-refractivity contribution in [2.24, 2.45) is 0 Å². The van der Waals surface area contributed by atoms with E-state index < -0.39 is 35.0 Å². The maximum atomic E-state index is 13.1. The minimum absolute atomic E-state index is 0.0398. The number of benzene rings is 1. The van der Waals surface area contributed by atoms with Crippen LogP contribution < -0.4 is 10.1 Å². The highest BCUT2D eigenvalue weighted by atomic mass is 19.4. The topological polar surface area (TPSA) is 73.9 Å². The van der Waals surface area contributed by atoms with Crippen molar-refractivity contribution in [2.45, 2.75) is 64.5 Å². The highest BCUT2D eigenvalue weighted by Gasteiger charge is 2.37. The van der Waals surface area contributed by atoms with Gasteiger partial charge >= 0.3 is 18.2 Å². The molecule has 2 rings (SSSR count). The van der Waals surface area contributed by atoms with E-state index in [1.165, 1.54) is 13.0 Å². The van der Waals surface area contributed by atoms with Crippen LogP contribution in [0.2, 0.25) is 0 Å². The highest BCUT2D eigenvalue weighted by Crippen LogP contribution is 2.35. The Morgan fingerprint density at radius 1 is 1.18 bits per heavy atom. The Bertz CT molecular complexity index is 721. The maximum Gasteiger partial charge on any atom is 0.417 e. The molecule has 9 heteroatoms. The molecule has 1 N–H and O–H groups in total. The zero-order valence-corrected chi connectivity index (χ0v) is 16.2. The van der Waals surface area contributed by atoms with Crippen LogP contribution in [-0.4, -0.2) is 36.4 Å². The van der Waals surface area contributed by atoms with Crippen LogP contribution in [0.5, 0.6) is 5.75 Å². The van der Waals surface area contributed by atoms with Crippen molar-refractivity contribution < 1.29 is 37.0 Å². The number of amides is 1. The normalized spacial score (nSPS) is 19.4. The molecule has 0 bridgehead atoms. The summed E-state index contributed by atoms with van der Waals surface area (Å²) < 4.78 is 54.8. The third-order valence-electron chi connectivity index (χ3n) is 3.91. The van der Waals surface area contributed by atoms with E-state index in [-0.39, 0.29) is 24.5 Å². The van der Waals surface area contributed by atoms with Crippen LogP contribution in [0.3, 0.4) is 0 Å². The largest absolute Gasteiger partial charge is 0.490 e. The SMILES string of the molecule is CCOC(=O)c1cc(OC2CC(NC(=O)OC(C)(C)C)C2)ccc1C(F)(F)F. The summed E-state index contributed by atoms with van der Waals surface area (Å²) in [4.78, 5) is 23.6. The third-order valence-corrected chi connectivity index (χ3v) is 3.91. The number of hydrogen-bond donors (Lipinski definition) is 1. The van der Waals surface area contributed by atoms with Crippen LogP contribution in [0.15, 0.2) is 18.2 Å². The minimum Gasteiger partial charge on any atom is -0.490 e. The average molecular weight is 403 g/mol. The van der Waals surface area contributed by atoms with E-state index in [1.54, 1.807) is 20.8 Å². The van der Waals surface area contributed by atoms with Crippen LogP contribution in [-0.2, 0) is 15.7 Å². The summed E-state index contributed by atoms with van der Waals surface area (Å²) in [5.41, 5.74) is -2.26. The lowest BCUT2D eigenvalue weighted by molar-refractivity contribution is -0.138. The molecule has 0 aliphatic heterocycles. The third kappa shape index (κ3) is 6.03. The standard InChI is InChI=1S/C19H24F3NO5/c1-5-26-16(24)14-10-12(6-7-15(14)19(20,21)22)27-13-8-11(9-13)23-17(25)28-18(2,3)4/h6-7,10-11,13H,5,8-9H2,1-4H3,(H,23,25). The number of nitrogens with one attached hydrogen (secondary N) is 1. The molecule has 1 aromatic rings. The Morgan fingerprint density at radius 3 is 2.36 bits per heavy atom. The van der Waals surface area contributed by atoms with E-state index in [1.807, 2.05) is 0 Å². The van der Waals surface area contributed by atoms with Gasteiger partial charge in [0, 0.05) is 18.9 Å². The number of rotatable bonds is 5. The molecule has 0 heterocycles. The Hall–Kier alpha value is -2.45. The summed E-state index contributed by atoms with van der Waals surface area (Å²) in [6, 6.07) is 2.87. The Morgan fingerprint density at radius 2 is 1.82 bits per heavy atom. The fraction of sp³-hybridized carbons (Fsp3) is 0.579. The molecule has 1 aliphatic carbocycles. The number of carbonyl (C=O) groups is 2. The van der Waals surface area contributed by atoms with E-state index in [9.17, 15) is 22.8 Å². The van der Waals surface area contributed by atoms with Gasteiger partial charge in [-0.25, -0.2) is 9.59 Å². The van der Waals surface area contributed by atoms with E-state index in [2.05, 4.69) is 5.32 Å². The summed E-state index contributed by atoms with van der Waals surface area (Å²) in [5.74, 6) is -0.921. The van der Waals surface area contributed by atoms with E-state index in [0.29, 0.717) is 12.8 Å². The Balaban J connectivity index is 1.98. The van der Waals surface area contributed by atoms with Gasteiger partial charge in [0.1, 0.15) is 17.5 Å². The van der Waals surface area contributed by atoms with Crippen LogP contribution in [0.25, 0.3) is 0 Å². The van der Waals surface area contributed by atoms with E-state index in [4.69, 9.17) is 14.2 Å². The monoisotopic (exact) mass is 403 g/mol. The molecular formula is C19H24F3NO5. The zero-order chi connectivity index (χ0) is 21.1. The van der Waals surface area contributed by atoms with Crippen LogP contribution in [0, 0.1) is 0 Å². The number of alkyl halides is 3. The average Bonchev–Trinajstić information content (AvgIpc) is 2.50. The molecule has 0 radical (unpaired) electrons. The first-order valence-electron chi connectivity index (χ1n) is 8.93. The predicted molar refractivity (Wildman–Crippen MR) is 94.2 cm³/mol. The van der Waals surface area contributed by atoms with Crippen LogP contribution >= 0.6 is 0 Å². The van der Waals surface area contributed by atoms with Crippen LogP contribution in [0.4, 0.5) is 18.0 Å². The van der Waals surface area contributed by atoms with E-state index in [0.717, 1.165) is 12.1 Å². The molecule has 0 unspecified atom stereocenters. The van der Waals surface area contributed by atoms with Gasteiger partial charge < -0.3 is 19.5 Å². The first kappa shape index (κ1) is 21.8. The van der Waals surface area contributed by atoms with Gasteiger partial charge in [-0.15, -0.1) is 0 Å². The van der Waals surface area contributed by atoms with Crippen molar-refractivity contribution in [3.05, 3.63) is 29.3 Å². The molecule has 6 nitrogen and oxygen atoms in total. The number of alkyl carbamates (subject to hydrolysis) is 1. The maximum absolute atomic E-state index is 13.1. The molecule has 1 aliphatic rings. The van der Waals surface area contributed by atoms with Gasteiger partial charge in [0.15, 0.2) is 0 Å². The Labute approximate surface area is 161 Å². The molecule has 0 aromatic heterocycles. The van der Waals surface area contributed by atoms with Gasteiger partial charge in [-0.3, -0.25) is 0 Å². The first-order chi connectivity index (χ1) is 12.9. The molecule has 1 saturated carbocycles. The molecule has 0 atom stereocenters. The van der Waals surface area contributed by atoms with Crippen molar-refractivity contribution in [3.63, 3.8) is 0 Å². The molecule has 28 heavy (non-hydrogen) atoms. The summed E-state index contributed by atoms with van der Waals surface area (Å²) >= 11 is 0. The Kier molecular flexibility index (Phi) is 6.46. The van der Waals surface area contributed by atoms with Crippen molar-refractivity contribution in [1.29, 1.82) is 0 Å². The molecule has 0 spiro atoms. The summed E-state index contributed by atoms with van der Waals surface area (Å²) in [5, 5.41) is 2.70. The number of esters is 1. The lowest BCUT2D eigenvalue weighted by Crippen LogP contribution is -2.50. The fourth-order valence-corrected chi connectivity index (χ4v) is 2.67. The summed E-state index contributed by atoms with van der Waals surface area (Å²) in [6.45, 7) is 6.74. The zero-order valence-electron chi connectivity index (χ0n) is 16.2. The van der Waals surface area contributed by atoms with Crippen molar-refractivity contribution >= 4 is 12.1 Å². The van der Waals surface area contributed by atoms with Gasteiger partial charge in [0.2, 0.25) is 0 Å². The van der Waals surface area contributed by atoms with Gasteiger partial charge in [-0.2, -0.15) is 13.2 Å². The first-order valence-corrected chi connectivity index (χ1v) is 8.93. The number of carbonyl (C=O) groups excluding carboxylic acids is 2. The second-order valence-electron chi connectivity index (χ2n) is 7.48. The lowest BCUT2D eigenvalue weighted by atomic mass is 9.89. The van der Waals surface area contributed by atoms with Gasteiger partial charge in [0.25, 0.3) is 0 Å². The van der Waals surface area contributed by atoms with Crippen molar-refractivity contribution in [1.82, 2.24) is 5.32 Å².